The molecule has 0 bridgehead atoms. The molecule has 1 aromatic carbocycles. The van der Waals surface area contributed by atoms with E-state index in [-0.39, 0.29) is 0 Å². The number of hydrogen-bond donors (Lipinski definition) is 2. The van der Waals surface area contributed by atoms with Gasteiger partial charge in [-0.3, -0.25) is 0 Å². The summed E-state index contributed by atoms with van der Waals surface area (Å²) < 4.78 is 5.28. The Hall–Kier alpha value is -1.96. The number of aryl methyl sites for hydroxylation is 1. The number of nitrogens with zero attached hydrogens (tertiary/aromatic N) is 3. The first-order valence-corrected chi connectivity index (χ1v) is 11.0. The van der Waals surface area contributed by atoms with Gasteiger partial charge in [-0.2, -0.15) is 0 Å². The van der Waals surface area contributed by atoms with E-state index in [2.05, 4.69) is 40.7 Å². The maximum atomic E-state index is 5.28. The molecule has 1 fully saturated rings. The lowest BCUT2D eigenvalue weighted by atomic mass is 10.1. The molecule has 0 spiro atoms. The number of amidine groups is 1. The second-order valence-corrected chi connectivity index (χ2v) is 8.43. The van der Waals surface area contributed by atoms with E-state index >= 15 is 0 Å². The van der Waals surface area contributed by atoms with Gasteiger partial charge in [0.15, 0.2) is 5.84 Å². The van der Waals surface area contributed by atoms with Crippen molar-refractivity contribution in [3.05, 3.63) is 35.0 Å². The first-order chi connectivity index (χ1) is 13.8. The Bertz CT molecular complexity index is 834. The number of fused-ring (bicyclic) bond motifs is 2. The number of nitrogens with one attached hydrogen (secondary N) is 2. The van der Waals surface area contributed by atoms with Gasteiger partial charge >= 0.3 is 0 Å². The van der Waals surface area contributed by atoms with Crippen LogP contribution in [0.15, 0.2) is 29.3 Å². The van der Waals surface area contributed by atoms with E-state index in [0.717, 1.165) is 67.0 Å². The first kappa shape index (κ1) is 19.4. The van der Waals surface area contributed by atoms with Crippen LogP contribution in [0.4, 0.5) is 16.4 Å². The van der Waals surface area contributed by atoms with Crippen LogP contribution in [0.2, 0.25) is 0 Å². The smallest absolute Gasteiger partial charge is 0.158 e. The van der Waals surface area contributed by atoms with E-state index in [0.29, 0.717) is 6.04 Å². The van der Waals surface area contributed by atoms with Gasteiger partial charge in [0.2, 0.25) is 0 Å². The number of unbranched alkanes of at least 4 members (excludes halogenated alkanes) is 1. The Balaban J connectivity index is 1.67. The molecular weight excluding hydrogens is 370 g/mol. The minimum Gasteiger partial charge on any atom is -0.385 e. The van der Waals surface area contributed by atoms with Crippen molar-refractivity contribution in [2.24, 2.45) is 4.99 Å². The number of hydrogen-bond acceptors (Lipinski definition) is 7. The Kier molecular flexibility index (Phi) is 6.24. The summed E-state index contributed by atoms with van der Waals surface area (Å²) >= 11 is 1.77. The number of ether oxygens (including phenoxy) is 1. The lowest BCUT2D eigenvalue weighted by Gasteiger charge is -2.35. The number of thiazole rings is 1. The van der Waals surface area contributed by atoms with Crippen molar-refractivity contribution in [3.8, 4) is 0 Å². The maximum absolute atomic E-state index is 5.28. The highest BCUT2D eigenvalue weighted by Gasteiger charge is 2.28. The molecule has 2 aliphatic rings. The number of benzene rings is 1. The molecule has 3 heterocycles. The monoisotopic (exact) mass is 399 g/mol. The average molecular weight is 400 g/mol. The molecule has 150 valence electrons. The molecule has 2 N–H and O–H groups in total. The molecule has 1 saturated heterocycles. The number of aromatic nitrogens is 1. The van der Waals surface area contributed by atoms with Crippen LogP contribution in [0.1, 0.15) is 36.9 Å². The van der Waals surface area contributed by atoms with Gasteiger partial charge in [0.25, 0.3) is 0 Å². The van der Waals surface area contributed by atoms with Gasteiger partial charge in [-0.25, -0.2) is 9.98 Å². The Labute approximate surface area is 171 Å². The Morgan fingerprint density at radius 3 is 3.07 bits per heavy atom. The van der Waals surface area contributed by atoms with Crippen LogP contribution < -0.4 is 10.6 Å². The van der Waals surface area contributed by atoms with E-state index in [1.165, 1.54) is 17.8 Å². The maximum Gasteiger partial charge on any atom is 0.158 e. The van der Waals surface area contributed by atoms with E-state index in [4.69, 9.17) is 14.7 Å². The summed E-state index contributed by atoms with van der Waals surface area (Å²) in [5, 5.41) is 9.50. The van der Waals surface area contributed by atoms with Crippen LogP contribution in [0.3, 0.4) is 0 Å². The van der Waals surface area contributed by atoms with Crippen molar-refractivity contribution in [3.63, 3.8) is 0 Å². The molecule has 1 atom stereocenters. The molecule has 2 aromatic rings. The molecule has 0 radical (unpaired) electrons. The summed E-state index contributed by atoms with van der Waals surface area (Å²) in [5.41, 5.74) is 3.03. The zero-order valence-electron chi connectivity index (χ0n) is 16.7. The third kappa shape index (κ3) is 4.21. The lowest BCUT2D eigenvalue weighted by molar-refractivity contribution is 0.168. The minimum absolute atomic E-state index is 0.407. The van der Waals surface area contributed by atoms with Crippen LogP contribution in [0, 0.1) is 0 Å². The molecule has 7 heteroatoms. The normalized spacial score (nSPS) is 18.7. The third-order valence-electron chi connectivity index (χ3n) is 5.23. The predicted octanol–water partition coefficient (Wildman–Crippen LogP) is 3.93. The quantitative estimate of drug-likeness (QED) is 0.771. The summed E-state index contributed by atoms with van der Waals surface area (Å²) in [6.07, 6.45) is 4.38. The first-order valence-electron chi connectivity index (χ1n) is 10.2. The second-order valence-electron chi connectivity index (χ2n) is 7.34. The van der Waals surface area contributed by atoms with Crippen LogP contribution >= 0.6 is 11.3 Å². The van der Waals surface area contributed by atoms with Crippen molar-refractivity contribution in [2.75, 3.05) is 38.7 Å². The Morgan fingerprint density at radius 2 is 2.21 bits per heavy atom. The standard InChI is InChI=1S/C21H29N5OS/c1-3-4-9-18-25-19-20(26-12-11-22-15(14-26)10-13-27-2)23-16-7-5-6-8-17(16)24-21(19)28-18/h5-8,15,22,24H,3-4,9-14H2,1-2H3. The van der Waals surface area contributed by atoms with Crippen LogP contribution in [-0.2, 0) is 11.2 Å². The fraction of sp³-hybridized carbons (Fsp3) is 0.524. The SMILES string of the molecule is CCCCc1nc2c(s1)Nc1ccccc1N=C2N1CCNC(CCOC)C1. The van der Waals surface area contributed by atoms with Gasteiger partial charge < -0.3 is 20.3 Å². The fourth-order valence-electron chi connectivity index (χ4n) is 3.69. The van der Waals surface area contributed by atoms with Crippen LogP contribution in [0.25, 0.3) is 0 Å². The molecule has 0 saturated carbocycles. The van der Waals surface area contributed by atoms with Crippen molar-refractivity contribution in [1.82, 2.24) is 15.2 Å². The molecule has 1 unspecified atom stereocenters. The number of methoxy groups -OCH3 is 1. The lowest BCUT2D eigenvalue weighted by Crippen LogP contribution is -2.53. The van der Waals surface area contributed by atoms with Gasteiger partial charge in [-0.05, 0) is 31.4 Å². The summed E-state index contributed by atoms with van der Waals surface area (Å²) in [6, 6.07) is 8.67. The average Bonchev–Trinajstić information content (AvgIpc) is 3.05. The van der Waals surface area contributed by atoms with Gasteiger partial charge in [0, 0.05) is 39.4 Å². The zero-order valence-corrected chi connectivity index (χ0v) is 17.5. The van der Waals surface area contributed by atoms with Crippen molar-refractivity contribution in [2.45, 2.75) is 38.6 Å². The van der Waals surface area contributed by atoms with E-state index < -0.39 is 0 Å². The highest BCUT2D eigenvalue weighted by Crippen LogP contribution is 2.38. The molecular formula is C21H29N5OS. The number of aliphatic imine (C=N–C) groups is 1. The van der Waals surface area contributed by atoms with Crippen molar-refractivity contribution in [1.29, 1.82) is 0 Å². The molecule has 0 amide bonds. The summed E-state index contributed by atoms with van der Waals surface area (Å²) in [6.45, 7) is 5.80. The number of anilines is 2. The van der Waals surface area contributed by atoms with Gasteiger partial charge in [0.1, 0.15) is 10.7 Å². The van der Waals surface area contributed by atoms with E-state index in [1.807, 2.05) is 6.07 Å². The summed E-state index contributed by atoms with van der Waals surface area (Å²) in [7, 11) is 1.76. The van der Waals surface area contributed by atoms with Gasteiger partial charge in [-0.1, -0.05) is 25.5 Å². The molecule has 6 nitrogen and oxygen atoms in total. The predicted molar refractivity (Wildman–Crippen MR) is 117 cm³/mol. The highest BCUT2D eigenvalue weighted by atomic mass is 32.1. The fourth-order valence-corrected chi connectivity index (χ4v) is 4.71. The van der Waals surface area contributed by atoms with Crippen molar-refractivity contribution >= 4 is 33.5 Å². The largest absolute Gasteiger partial charge is 0.385 e. The van der Waals surface area contributed by atoms with Gasteiger partial charge in [-0.15, -0.1) is 11.3 Å². The molecule has 2 aliphatic heterocycles. The van der Waals surface area contributed by atoms with Crippen LogP contribution in [-0.4, -0.2) is 55.1 Å². The molecule has 4 rings (SSSR count). The molecule has 0 aliphatic carbocycles. The number of rotatable bonds is 6. The minimum atomic E-state index is 0.407. The van der Waals surface area contributed by atoms with Crippen molar-refractivity contribution < 1.29 is 4.74 Å². The molecule has 28 heavy (non-hydrogen) atoms. The van der Waals surface area contributed by atoms with E-state index in [9.17, 15) is 0 Å². The van der Waals surface area contributed by atoms with E-state index in [1.54, 1.807) is 18.4 Å². The molecule has 1 aromatic heterocycles. The van der Waals surface area contributed by atoms with Gasteiger partial charge in [0.05, 0.1) is 16.4 Å². The zero-order chi connectivity index (χ0) is 19.3. The van der Waals surface area contributed by atoms with Crippen LogP contribution in [0.5, 0.6) is 0 Å². The second kappa shape index (κ2) is 9.03. The topological polar surface area (TPSA) is 61.8 Å². The number of para-hydroxylation sites is 2. The number of piperazine rings is 1. The Morgan fingerprint density at radius 1 is 1.32 bits per heavy atom. The highest BCUT2D eigenvalue weighted by molar-refractivity contribution is 7.16. The summed E-state index contributed by atoms with van der Waals surface area (Å²) in [4.78, 5) is 12.5. The summed E-state index contributed by atoms with van der Waals surface area (Å²) in [5.74, 6) is 0.996. The third-order valence-corrected chi connectivity index (χ3v) is 6.26.